The predicted octanol–water partition coefficient (Wildman–Crippen LogP) is 3.88. The van der Waals surface area contributed by atoms with Crippen LogP contribution in [0.3, 0.4) is 0 Å². The Bertz CT molecular complexity index is 1110. The molecule has 6 nitrogen and oxygen atoms in total. The SMILES string of the molecule is Cc1ccccc1CN(Cc1cccnc1)C(=O)c1ccc(CN2C(=O)CCC2=O)cc1. The molecule has 1 aliphatic heterocycles. The lowest BCUT2D eigenvalue weighted by Gasteiger charge is -2.24. The smallest absolute Gasteiger partial charge is 0.254 e. The van der Waals surface area contributed by atoms with Gasteiger partial charge in [0.2, 0.25) is 11.8 Å². The van der Waals surface area contributed by atoms with Crippen molar-refractivity contribution in [3.63, 3.8) is 0 Å². The van der Waals surface area contributed by atoms with Gasteiger partial charge in [0.25, 0.3) is 5.91 Å². The van der Waals surface area contributed by atoms with Gasteiger partial charge in [0.1, 0.15) is 0 Å². The number of benzene rings is 2. The van der Waals surface area contributed by atoms with E-state index >= 15 is 0 Å². The number of aryl methyl sites for hydroxylation is 1. The van der Waals surface area contributed by atoms with Crippen LogP contribution in [0.25, 0.3) is 0 Å². The third kappa shape index (κ3) is 4.91. The highest BCUT2D eigenvalue weighted by molar-refractivity contribution is 6.01. The molecule has 4 rings (SSSR count). The Kier molecular flexibility index (Phi) is 6.40. The minimum absolute atomic E-state index is 0.0861. The summed E-state index contributed by atoms with van der Waals surface area (Å²) in [6.07, 6.45) is 4.03. The summed E-state index contributed by atoms with van der Waals surface area (Å²) >= 11 is 0. The lowest BCUT2D eigenvalue weighted by atomic mass is 10.1. The number of hydrogen-bond donors (Lipinski definition) is 0. The monoisotopic (exact) mass is 427 g/mol. The normalized spacial score (nSPS) is 13.5. The third-order valence-electron chi connectivity index (χ3n) is 5.70. The largest absolute Gasteiger partial charge is 0.330 e. The number of pyridine rings is 1. The summed E-state index contributed by atoms with van der Waals surface area (Å²) in [6, 6.07) is 19.0. The van der Waals surface area contributed by atoms with Crippen LogP contribution in [0.1, 0.15) is 45.5 Å². The average Bonchev–Trinajstić information content (AvgIpc) is 3.13. The van der Waals surface area contributed by atoms with E-state index < -0.39 is 0 Å². The second-order valence-corrected chi connectivity index (χ2v) is 8.02. The summed E-state index contributed by atoms with van der Waals surface area (Å²) in [5, 5.41) is 0. The lowest BCUT2D eigenvalue weighted by Crippen LogP contribution is -2.30. The van der Waals surface area contributed by atoms with Crippen molar-refractivity contribution in [3.05, 3.63) is 101 Å². The molecule has 162 valence electrons. The molecule has 0 bridgehead atoms. The van der Waals surface area contributed by atoms with Crippen molar-refractivity contribution in [1.29, 1.82) is 0 Å². The fraction of sp³-hybridized carbons (Fsp3) is 0.231. The molecule has 32 heavy (non-hydrogen) atoms. The first kappa shape index (κ1) is 21.4. The predicted molar refractivity (Wildman–Crippen MR) is 120 cm³/mol. The molecule has 2 heterocycles. The van der Waals surface area contributed by atoms with E-state index in [2.05, 4.69) is 4.98 Å². The highest BCUT2D eigenvalue weighted by Gasteiger charge is 2.28. The summed E-state index contributed by atoms with van der Waals surface area (Å²) in [6.45, 7) is 3.21. The molecular weight excluding hydrogens is 402 g/mol. The van der Waals surface area contributed by atoms with Crippen LogP contribution in [0.2, 0.25) is 0 Å². The Morgan fingerprint density at radius 3 is 2.28 bits per heavy atom. The van der Waals surface area contributed by atoms with Crippen molar-refractivity contribution in [2.45, 2.75) is 39.4 Å². The molecule has 0 atom stereocenters. The Morgan fingerprint density at radius 2 is 1.62 bits per heavy atom. The number of aromatic nitrogens is 1. The molecular formula is C26H25N3O3. The van der Waals surface area contributed by atoms with Crippen molar-refractivity contribution < 1.29 is 14.4 Å². The van der Waals surface area contributed by atoms with Crippen molar-refractivity contribution in [2.75, 3.05) is 0 Å². The highest BCUT2D eigenvalue weighted by atomic mass is 16.2. The molecule has 1 saturated heterocycles. The van der Waals surface area contributed by atoms with Gasteiger partial charge in [-0.05, 0) is 47.4 Å². The molecule has 0 N–H and O–H groups in total. The summed E-state index contributed by atoms with van der Waals surface area (Å²) in [7, 11) is 0. The number of likely N-dealkylation sites (tertiary alicyclic amines) is 1. The van der Waals surface area contributed by atoms with Crippen molar-refractivity contribution in [2.24, 2.45) is 0 Å². The third-order valence-corrected chi connectivity index (χ3v) is 5.70. The van der Waals surface area contributed by atoms with Gasteiger partial charge in [0.15, 0.2) is 0 Å². The standard InChI is InChI=1S/C26H25N3O3/c1-19-5-2-3-7-23(19)18-28(16-21-6-4-14-27-15-21)26(32)22-10-8-20(9-11-22)17-29-24(30)12-13-25(29)31/h2-11,14-15H,12-13,16-18H2,1H3. The van der Waals surface area contributed by atoms with Gasteiger partial charge in [-0.2, -0.15) is 0 Å². The van der Waals surface area contributed by atoms with E-state index in [1.165, 1.54) is 4.90 Å². The molecule has 6 heteroatoms. The molecule has 0 aliphatic carbocycles. The Labute approximate surface area is 187 Å². The molecule has 1 fully saturated rings. The first-order valence-corrected chi connectivity index (χ1v) is 10.7. The first-order chi connectivity index (χ1) is 15.5. The maximum atomic E-state index is 13.4. The highest BCUT2D eigenvalue weighted by Crippen LogP contribution is 2.19. The van der Waals surface area contributed by atoms with E-state index in [0.29, 0.717) is 18.7 Å². The van der Waals surface area contributed by atoms with Crippen molar-refractivity contribution in [1.82, 2.24) is 14.8 Å². The summed E-state index contributed by atoms with van der Waals surface area (Å²) in [5.41, 5.74) is 4.56. The second-order valence-electron chi connectivity index (χ2n) is 8.02. The van der Waals surface area contributed by atoms with Gasteiger partial charge in [-0.3, -0.25) is 24.3 Å². The van der Waals surface area contributed by atoms with Crippen LogP contribution in [0.4, 0.5) is 0 Å². The van der Waals surface area contributed by atoms with E-state index in [4.69, 9.17) is 0 Å². The molecule has 0 spiro atoms. The van der Waals surface area contributed by atoms with Crippen LogP contribution in [-0.4, -0.2) is 32.5 Å². The van der Waals surface area contributed by atoms with Crippen molar-refractivity contribution >= 4 is 17.7 Å². The van der Waals surface area contributed by atoms with Crippen LogP contribution >= 0.6 is 0 Å². The van der Waals surface area contributed by atoms with Crippen LogP contribution in [0.15, 0.2) is 73.1 Å². The molecule has 2 aromatic carbocycles. The number of carbonyl (C=O) groups excluding carboxylic acids is 3. The van der Waals surface area contributed by atoms with Crippen LogP contribution < -0.4 is 0 Å². The molecule has 3 aromatic rings. The maximum absolute atomic E-state index is 13.4. The Balaban J connectivity index is 1.53. The molecule has 1 aliphatic rings. The number of hydrogen-bond acceptors (Lipinski definition) is 4. The van der Waals surface area contributed by atoms with Gasteiger partial charge in [-0.25, -0.2) is 0 Å². The molecule has 0 saturated carbocycles. The lowest BCUT2D eigenvalue weighted by molar-refractivity contribution is -0.139. The molecule has 0 unspecified atom stereocenters. The minimum atomic E-state index is -0.143. The average molecular weight is 428 g/mol. The van der Waals surface area contributed by atoms with E-state index in [1.54, 1.807) is 24.5 Å². The van der Waals surface area contributed by atoms with E-state index in [-0.39, 0.29) is 37.1 Å². The Morgan fingerprint density at radius 1 is 0.906 bits per heavy atom. The maximum Gasteiger partial charge on any atom is 0.254 e. The molecule has 0 radical (unpaired) electrons. The van der Waals surface area contributed by atoms with Gasteiger partial charge in [0.05, 0.1) is 6.54 Å². The molecule has 3 amide bonds. The number of carbonyl (C=O) groups is 3. The zero-order valence-corrected chi connectivity index (χ0v) is 18.0. The topological polar surface area (TPSA) is 70.6 Å². The van der Waals surface area contributed by atoms with Crippen molar-refractivity contribution in [3.8, 4) is 0 Å². The number of amides is 3. The summed E-state index contributed by atoms with van der Waals surface area (Å²) < 4.78 is 0. The van der Waals surface area contributed by atoms with Gasteiger partial charge in [-0.1, -0.05) is 42.5 Å². The van der Waals surface area contributed by atoms with Crippen LogP contribution in [0, 0.1) is 6.92 Å². The van der Waals surface area contributed by atoms with Crippen LogP contribution in [0.5, 0.6) is 0 Å². The second kappa shape index (κ2) is 9.56. The molecule has 1 aromatic heterocycles. The van der Waals surface area contributed by atoms with E-state index in [0.717, 1.165) is 22.3 Å². The number of imide groups is 1. The van der Waals surface area contributed by atoms with Gasteiger partial charge in [0, 0.05) is 43.9 Å². The van der Waals surface area contributed by atoms with Gasteiger partial charge in [-0.15, -0.1) is 0 Å². The van der Waals surface area contributed by atoms with E-state index in [1.807, 2.05) is 60.4 Å². The quantitative estimate of drug-likeness (QED) is 0.537. The van der Waals surface area contributed by atoms with E-state index in [9.17, 15) is 14.4 Å². The number of nitrogens with zero attached hydrogens (tertiary/aromatic N) is 3. The zero-order valence-electron chi connectivity index (χ0n) is 18.0. The van der Waals surface area contributed by atoms with Crippen LogP contribution in [-0.2, 0) is 29.2 Å². The van der Waals surface area contributed by atoms with Gasteiger partial charge < -0.3 is 4.90 Å². The summed E-state index contributed by atoms with van der Waals surface area (Å²) in [4.78, 5) is 44.4. The van der Waals surface area contributed by atoms with Gasteiger partial charge >= 0.3 is 0 Å². The Hall–Kier alpha value is -3.80. The number of rotatable bonds is 7. The fourth-order valence-corrected chi connectivity index (χ4v) is 3.82. The first-order valence-electron chi connectivity index (χ1n) is 10.7. The zero-order chi connectivity index (χ0) is 22.5. The fourth-order valence-electron chi connectivity index (χ4n) is 3.82. The summed E-state index contributed by atoms with van der Waals surface area (Å²) in [5.74, 6) is -0.371. The minimum Gasteiger partial charge on any atom is -0.330 e.